The zero-order valence-corrected chi connectivity index (χ0v) is 15.4. The highest BCUT2D eigenvalue weighted by Gasteiger charge is 2.05. The lowest BCUT2D eigenvalue weighted by Gasteiger charge is -2.10. The summed E-state index contributed by atoms with van der Waals surface area (Å²) in [6.07, 6.45) is 4.19. The van der Waals surface area contributed by atoms with Crippen LogP contribution in [-0.4, -0.2) is 21.1 Å². The van der Waals surface area contributed by atoms with Crippen molar-refractivity contribution >= 4 is 12.0 Å². The van der Waals surface area contributed by atoms with E-state index < -0.39 is 11.2 Å². The van der Waals surface area contributed by atoms with Gasteiger partial charge in [-0.2, -0.15) is 0 Å². The Labute approximate surface area is 151 Å². The Kier molecular flexibility index (Phi) is 6.16. The average molecular weight is 357 g/mol. The molecule has 1 aromatic carbocycles. The van der Waals surface area contributed by atoms with Gasteiger partial charge in [0.25, 0.3) is 5.56 Å². The Balaban J connectivity index is 1.98. The Morgan fingerprint density at radius 3 is 2.46 bits per heavy atom. The first-order chi connectivity index (χ1) is 12.3. The summed E-state index contributed by atoms with van der Waals surface area (Å²) in [6, 6.07) is 7.46. The van der Waals surface area contributed by atoms with Crippen molar-refractivity contribution in [2.75, 3.05) is 0 Å². The molecule has 0 unspecified atom stereocenters. The van der Waals surface area contributed by atoms with Gasteiger partial charge in [0.15, 0.2) is 0 Å². The van der Waals surface area contributed by atoms with Gasteiger partial charge < -0.3 is 14.6 Å². The Bertz CT molecular complexity index is 921. The van der Waals surface area contributed by atoms with Gasteiger partial charge in [0.1, 0.15) is 5.75 Å². The fourth-order valence-corrected chi connectivity index (χ4v) is 2.32. The van der Waals surface area contributed by atoms with Crippen LogP contribution in [0.4, 0.5) is 0 Å². The van der Waals surface area contributed by atoms with Crippen LogP contribution in [0.2, 0.25) is 0 Å². The lowest BCUT2D eigenvalue weighted by molar-refractivity contribution is -0.116. The van der Waals surface area contributed by atoms with Gasteiger partial charge in [0.05, 0.1) is 11.7 Å². The lowest BCUT2D eigenvalue weighted by atomic mass is 10.2. The van der Waals surface area contributed by atoms with E-state index in [4.69, 9.17) is 4.74 Å². The van der Waals surface area contributed by atoms with E-state index >= 15 is 0 Å². The molecular weight excluding hydrogens is 334 g/mol. The minimum absolute atomic E-state index is 0.107. The molecule has 1 heterocycles. The van der Waals surface area contributed by atoms with Crippen LogP contribution >= 0.6 is 0 Å². The number of aromatic nitrogens is 2. The number of hydrogen-bond donors (Lipinski definition) is 1. The van der Waals surface area contributed by atoms with Crippen LogP contribution in [0.3, 0.4) is 0 Å². The van der Waals surface area contributed by atoms with Gasteiger partial charge in [0, 0.05) is 32.9 Å². The SMILES string of the molecule is CC(C)Oc1ccc(CNC(=O)/C=C/c2cn(C)c(=O)n(C)c2=O)cc1. The lowest BCUT2D eigenvalue weighted by Crippen LogP contribution is -2.37. The van der Waals surface area contributed by atoms with Crippen molar-refractivity contribution in [1.82, 2.24) is 14.5 Å². The summed E-state index contributed by atoms with van der Waals surface area (Å²) in [7, 11) is 2.95. The average Bonchev–Trinajstić information content (AvgIpc) is 2.60. The molecule has 7 heteroatoms. The van der Waals surface area contributed by atoms with E-state index in [-0.39, 0.29) is 17.6 Å². The zero-order chi connectivity index (χ0) is 19.3. The highest BCUT2D eigenvalue weighted by atomic mass is 16.5. The van der Waals surface area contributed by atoms with E-state index in [1.807, 2.05) is 38.1 Å². The van der Waals surface area contributed by atoms with Crippen LogP contribution in [-0.2, 0) is 25.4 Å². The first-order valence-corrected chi connectivity index (χ1v) is 8.26. The fourth-order valence-electron chi connectivity index (χ4n) is 2.32. The molecule has 0 atom stereocenters. The quantitative estimate of drug-likeness (QED) is 0.788. The highest BCUT2D eigenvalue weighted by Crippen LogP contribution is 2.13. The molecule has 7 nitrogen and oxygen atoms in total. The van der Waals surface area contributed by atoms with Crippen molar-refractivity contribution in [3.8, 4) is 5.75 Å². The highest BCUT2D eigenvalue weighted by molar-refractivity contribution is 5.91. The van der Waals surface area contributed by atoms with Crippen molar-refractivity contribution in [3.05, 3.63) is 68.5 Å². The largest absolute Gasteiger partial charge is 0.491 e. The van der Waals surface area contributed by atoms with E-state index in [0.29, 0.717) is 6.54 Å². The second kappa shape index (κ2) is 8.33. The van der Waals surface area contributed by atoms with Crippen molar-refractivity contribution in [2.24, 2.45) is 14.1 Å². The number of nitrogens with zero attached hydrogens (tertiary/aromatic N) is 2. The molecule has 138 valence electrons. The number of amides is 1. The smallest absolute Gasteiger partial charge is 0.330 e. The first kappa shape index (κ1) is 19.2. The molecule has 26 heavy (non-hydrogen) atoms. The van der Waals surface area contributed by atoms with Gasteiger partial charge in [-0.1, -0.05) is 12.1 Å². The molecular formula is C19H23N3O4. The number of carbonyl (C=O) groups excluding carboxylic acids is 1. The number of nitrogens with one attached hydrogen (secondary N) is 1. The number of hydrogen-bond acceptors (Lipinski definition) is 4. The van der Waals surface area contributed by atoms with Crippen LogP contribution in [0.15, 0.2) is 46.1 Å². The topological polar surface area (TPSA) is 82.3 Å². The summed E-state index contributed by atoms with van der Waals surface area (Å²) in [6.45, 7) is 4.27. The number of rotatable bonds is 6. The Hall–Kier alpha value is -3.09. The van der Waals surface area contributed by atoms with Gasteiger partial charge >= 0.3 is 5.69 Å². The Morgan fingerprint density at radius 1 is 1.19 bits per heavy atom. The van der Waals surface area contributed by atoms with Gasteiger partial charge in [-0.3, -0.25) is 14.2 Å². The third-order valence-corrected chi connectivity index (χ3v) is 3.65. The third-order valence-electron chi connectivity index (χ3n) is 3.65. The zero-order valence-electron chi connectivity index (χ0n) is 15.4. The summed E-state index contributed by atoms with van der Waals surface area (Å²) in [4.78, 5) is 35.6. The van der Waals surface area contributed by atoms with Crippen LogP contribution in [0.25, 0.3) is 6.08 Å². The second-order valence-corrected chi connectivity index (χ2v) is 6.20. The number of ether oxygens (including phenoxy) is 1. The molecule has 0 aliphatic carbocycles. The monoisotopic (exact) mass is 357 g/mol. The molecule has 2 aromatic rings. The number of carbonyl (C=O) groups is 1. The number of aryl methyl sites for hydroxylation is 1. The van der Waals surface area contributed by atoms with Crippen LogP contribution < -0.4 is 21.3 Å². The summed E-state index contributed by atoms with van der Waals surface area (Å²) < 4.78 is 7.86. The van der Waals surface area contributed by atoms with E-state index in [1.54, 1.807) is 7.05 Å². The number of benzene rings is 1. The standard InChI is InChI=1S/C19H23N3O4/c1-13(2)26-16-8-5-14(6-9-16)11-20-17(23)10-7-15-12-21(3)19(25)22(4)18(15)24/h5-10,12-13H,11H2,1-4H3,(H,20,23)/b10-7+. The maximum absolute atomic E-state index is 12.0. The van der Waals surface area contributed by atoms with E-state index in [1.165, 1.54) is 30.0 Å². The minimum Gasteiger partial charge on any atom is -0.491 e. The van der Waals surface area contributed by atoms with Crippen LogP contribution in [0.1, 0.15) is 25.0 Å². The maximum atomic E-state index is 12.0. The summed E-state index contributed by atoms with van der Waals surface area (Å²) >= 11 is 0. The van der Waals surface area contributed by atoms with Gasteiger partial charge in [-0.05, 0) is 37.6 Å². The molecule has 1 amide bonds. The van der Waals surface area contributed by atoms with E-state index in [0.717, 1.165) is 15.9 Å². The minimum atomic E-state index is -0.446. The van der Waals surface area contributed by atoms with Crippen LogP contribution in [0.5, 0.6) is 5.75 Å². The molecule has 0 fully saturated rings. The normalized spacial score (nSPS) is 11.1. The van der Waals surface area contributed by atoms with Gasteiger partial charge in [-0.15, -0.1) is 0 Å². The molecule has 0 aliphatic rings. The van der Waals surface area contributed by atoms with Crippen molar-refractivity contribution < 1.29 is 9.53 Å². The van der Waals surface area contributed by atoms with Crippen molar-refractivity contribution in [3.63, 3.8) is 0 Å². The van der Waals surface area contributed by atoms with Crippen LogP contribution in [0, 0.1) is 0 Å². The molecule has 0 radical (unpaired) electrons. The summed E-state index contributed by atoms with van der Waals surface area (Å²) in [5.74, 6) is 0.448. The fraction of sp³-hybridized carbons (Fsp3) is 0.316. The van der Waals surface area contributed by atoms with Gasteiger partial charge in [-0.25, -0.2) is 4.79 Å². The molecule has 1 aromatic heterocycles. The molecule has 0 saturated carbocycles. The van der Waals surface area contributed by atoms with Crippen molar-refractivity contribution in [1.29, 1.82) is 0 Å². The predicted octanol–water partition coefficient (Wildman–Crippen LogP) is 1.20. The third kappa shape index (κ3) is 4.95. The predicted molar refractivity (Wildman–Crippen MR) is 100 cm³/mol. The molecule has 0 spiro atoms. The summed E-state index contributed by atoms with van der Waals surface area (Å²) in [5.41, 5.74) is 0.334. The van der Waals surface area contributed by atoms with Crippen molar-refractivity contribution in [2.45, 2.75) is 26.5 Å². The van der Waals surface area contributed by atoms with E-state index in [2.05, 4.69) is 5.32 Å². The van der Waals surface area contributed by atoms with E-state index in [9.17, 15) is 14.4 Å². The Morgan fingerprint density at radius 2 is 1.85 bits per heavy atom. The molecule has 0 saturated heterocycles. The summed E-state index contributed by atoms with van der Waals surface area (Å²) in [5, 5.41) is 2.75. The molecule has 2 rings (SSSR count). The van der Waals surface area contributed by atoms with Gasteiger partial charge in [0.2, 0.25) is 5.91 Å². The first-order valence-electron chi connectivity index (χ1n) is 8.26. The maximum Gasteiger partial charge on any atom is 0.330 e. The molecule has 0 bridgehead atoms. The second-order valence-electron chi connectivity index (χ2n) is 6.20. The molecule has 1 N–H and O–H groups in total. The molecule has 0 aliphatic heterocycles.